The van der Waals surface area contributed by atoms with Crippen molar-refractivity contribution in [3.8, 4) is 5.69 Å². The average Bonchev–Trinajstić information content (AvgIpc) is 3.36. The summed E-state index contributed by atoms with van der Waals surface area (Å²) in [6.07, 6.45) is 5.27. The lowest BCUT2D eigenvalue weighted by Crippen LogP contribution is -2.45. The van der Waals surface area contributed by atoms with Crippen LogP contribution in [0.1, 0.15) is 32.3 Å². The molecule has 1 aromatic heterocycles. The molecule has 0 radical (unpaired) electrons. The molecule has 0 saturated carbocycles. The minimum absolute atomic E-state index is 0. The number of guanidine groups is 1. The summed E-state index contributed by atoms with van der Waals surface area (Å²) < 4.78 is 1.81. The number of hydrogen-bond acceptors (Lipinski definition) is 3. The van der Waals surface area contributed by atoms with Gasteiger partial charge in [0.15, 0.2) is 5.96 Å². The summed E-state index contributed by atoms with van der Waals surface area (Å²) in [6.45, 7) is 6.77. The van der Waals surface area contributed by atoms with Crippen LogP contribution in [0.4, 0.5) is 0 Å². The molecule has 0 spiro atoms. The van der Waals surface area contributed by atoms with Gasteiger partial charge in [-0.1, -0.05) is 18.5 Å². The first kappa shape index (κ1) is 23.5. The normalized spacial score (nSPS) is 16.4. The van der Waals surface area contributed by atoms with Gasteiger partial charge in [0.25, 0.3) is 0 Å². The van der Waals surface area contributed by atoms with E-state index >= 15 is 0 Å². The van der Waals surface area contributed by atoms with E-state index in [-0.39, 0.29) is 35.9 Å². The predicted molar refractivity (Wildman–Crippen MR) is 127 cm³/mol. The minimum atomic E-state index is 0. The van der Waals surface area contributed by atoms with Crippen molar-refractivity contribution >= 4 is 47.4 Å². The van der Waals surface area contributed by atoms with Crippen LogP contribution in [0.15, 0.2) is 41.7 Å². The van der Waals surface area contributed by atoms with E-state index in [0.29, 0.717) is 18.0 Å². The van der Waals surface area contributed by atoms with Gasteiger partial charge in [-0.05, 0) is 37.6 Å². The molecule has 7 nitrogen and oxygen atoms in total. The van der Waals surface area contributed by atoms with Gasteiger partial charge in [0, 0.05) is 48.9 Å². The van der Waals surface area contributed by atoms with Crippen molar-refractivity contribution in [2.75, 3.05) is 19.6 Å². The van der Waals surface area contributed by atoms with Gasteiger partial charge in [0.1, 0.15) is 0 Å². The van der Waals surface area contributed by atoms with Gasteiger partial charge in [-0.15, -0.1) is 24.0 Å². The molecule has 9 heteroatoms. The second-order valence-electron chi connectivity index (χ2n) is 6.79. The smallest absolute Gasteiger partial charge is 0.222 e. The van der Waals surface area contributed by atoms with Crippen LogP contribution in [0.25, 0.3) is 5.69 Å². The maximum atomic E-state index is 11.9. The molecule has 1 amide bonds. The van der Waals surface area contributed by atoms with Crippen LogP contribution in [0.2, 0.25) is 5.02 Å². The highest BCUT2D eigenvalue weighted by Crippen LogP contribution is 2.14. The molecule has 0 bridgehead atoms. The molecule has 1 unspecified atom stereocenters. The zero-order valence-electron chi connectivity index (χ0n) is 16.8. The topological polar surface area (TPSA) is 74.6 Å². The van der Waals surface area contributed by atoms with E-state index in [4.69, 9.17) is 11.6 Å². The summed E-state index contributed by atoms with van der Waals surface area (Å²) in [7, 11) is 0. The number of rotatable bonds is 6. The highest BCUT2D eigenvalue weighted by molar-refractivity contribution is 14.0. The quantitative estimate of drug-likeness (QED) is 0.342. The summed E-state index contributed by atoms with van der Waals surface area (Å²) in [5.74, 6) is 0.971. The fraction of sp³-hybridized carbons (Fsp3) is 0.450. The van der Waals surface area contributed by atoms with Crippen LogP contribution in [-0.4, -0.2) is 52.2 Å². The molecule has 1 atom stereocenters. The van der Waals surface area contributed by atoms with E-state index in [0.717, 1.165) is 43.3 Å². The number of likely N-dealkylation sites (tertiary alicyclic amines) is 1. The van der Waals surface area contributed by atoms with Gasteiger partial charge >= 0.3 is 0 Å². The van der Waals surface area contributed by atoms with Crippen LogP contribution in [-0.2, 0) is 11.3 Å². The molecule has 1 fully saturated rings. The molecule has 1 aliphatic heterocycles. The number of carbonyl (C=O) groups is 1. The highest BCUT2D eigenvalue weighted by Gasteiger charge is 2.25. The molecule has 2 N–H and O–H groups in total. The number of nitrogens with one attached hydrogen (secondary N) is 2. The van der Waals surface area contributed by atoms with Crippen molar-refractivity contribution in [2.45, 2.75) is 39.3 Å². The summed E-state index contributed by atoms with van der Waals surface area (Å²) in [5.41, 5.74) is 1.97. The van der Waals surface area contributed by atoms with Gasteiger partial charge < -0.3 is 15.5 Å². The van der Waals surface area contributed by atoms with Crippen LogP contribution >= 0.6 is 35.6 Å². The first-order valence-corrected chi connectivity index (χ1v) is 10.1. The maximum Gasteiger partial charge on any atom is 0.222 e. The number of nitrogens with zero attached hydrogens (tertiary/aromatic N) is 4. The Labute approximate surface area is 193 Å². The Kier molecular flexibility index (Phi) is 9.22. The van der Waals surface area contributed by atoms with Crippen LogP contribution < -0.4 is 10.6 Å². The van der Waals surface area contributed by atoms with Crippen molar-refractivity contribution < 1.29 is 4.79 Å². The Morgan fingerprint density at radius 3 is 2.76 bits per heavy atom. The van der Waals surface area contributed by atoms with E-state index in [9.17, 15) is 4.79 Å². The molecule has 1 aromatic carbocycles. The predicted octanol–water partition coefficient (Wildman–Crippen LogP) is 3.21. The molecule has 2 heterocycles. The number of benzene rings is 1. The Hall–Kier alpha value is -1.81. The molecular formula is C20H28ClIN6O. The van der Waals surface area contributed by atoms with Crippen molar-refractivity contribution in [3.63, 3.8) is 0 Å². The number of amides is 1. The van der Waals surface area contributed by atoms with E-state index < -0.39 is 0 Å². The highest BCUT2D eigenvalue weighted by atomic mass is 127. The minimum Gasteiger partial charge on any atom is -0.357 e. The molecule has 3 rings (SSSR count). The van der Waals surface area contributed by atoms with Gasteiger partial charge in [-0.25, -0.2) is 9.67 Å². The van der Waals surface area contributed by atoms with Crippen LogP contribution in [0, 0.1) is 0 Å². The molecule has 2 aromatic rings. The number of hydrogen-bond donors (Lipinski definition) is 2. The molecule has 29 heavy (non-hydrogen) atoms. The Morgan fingerprint density at radius 1 is 1.31 bits per heavy atom. The third kappa shape index (κ3) is 6.60. The van der Waals surface area contributed by atoms with Gasteiger partial charge in [-0.2, -0.15) is 5.10 Å². The monoisotopic (exact) mass is 530 g/mol. The summed E-state index contributed by atoms with van der Waals surface area (Å²) >= 11 is 5.94. The lowest BCUT2D eigenvalue weighted by molar-refractivity contribution is -0.129. The molecule has 158 valence electrons. The fourth-order valence-corrected chi connectivity index (χ4v) is 3.31. The average molecular weight is 531 g/mol. The van der Waals surface area contributed by atoms with Crippen molar-refractivity contribution in [2.24, 2.45) is 4.99 Å². The first-order valence-electron chi connectivity index (χ1n) is 9.71. The second kappa shape index (κ2) is 11.4. The SMILES string of the molecule is CCNC(=NCc1cnn(-c2ccc(Cl)cc2)c1)NC1CCN(C(=O)CC)C1.I. The summed E-state index contributed by atoms with van der Waals surface area (Å²) in [4.78, 5) is 18.4. The van der Waals surface area contributed by atoms with E-state index in [1.54, 1.807) is 0 Å². The van der Waals surface area contributed by atoms with E-state index in [1.807, 2.05) is 60.1 Å². The van der Waals surface area contributed by atoms with E-state index in [1.165, 1.54) is 0 Å². The van der Waals surface area contributed by atoms with Crippen molar-refractivity contribution in [1.82, 2.24) is 25.3 Å². The van der Waals surface area contributed by atoms with E-state index in [2.05, 4.69) is 20.7 Å². The zero-order valence-corrected chi connectivity index (χ0v) is 19.9. The van der Waals surface area contributed by atoms with Gasteiger partial charge in [-0.3, -0.25) is 4.79 Å². The number of halogens is 2. The van der Waals surface area contributed by atoms with Gasteiger partial charge in [0.05, 0.1) is 18.4 Å². The maximum absolute atomic E-state index is 11.9. The third-order valence-corrected chi connectivity index (χ3v) is 4.93. The molecular weight excluding hydrogens is 503 g/mol. The van der Waals surface area contributed by atoms with Crippen molar-refractivity contribution in [1.29, 1.82) is 0 Å². The van der Waals surface area contributed by atoms with Crippen LogP contribution in [0.3, 0.4) is 0 Å². The Balaban J connectivity index is 0.00000300. The number of carbonyl (C=O) groups excluding carboxylic acids is 1. The first-order chi connectivity index (χ1) is 13.6. The number of aromatic nitrogens is 2. The lowest BCUT2D eigenvalue weighted by Gasteiger charge is -2.18. The molecule has 0 aliphatic carbocycles. The summed E-state index contributed by atoms with van der Waals surface area (Å²) in [6, 6.07) is 7.77. The second-order valence-corrected chi connectivity index (χ2v) is 7.22. The third-order valence-electron chi connectivity index (χ3n) is 4.68. The fourth-order valence-electron chi connectivity index (χ4n) is 3.19. The van der Waals surface area contributed by atoms with Crippen molar-refractivity contribution in [3.05, 3.63) is 47.2 Å². The molecule has 1 saturated heterocycles. The number of aliphatic imine (C=N–C) groups is 1. The van der Waals surface area contributed by atoms with Crippen LogP contribution in [0.5, 0.6) is 0 Å². The Morgan fingerprint density at radius 2 is 2.07 bits per heavy atom. The largest absolute Gasteiger partial charge is 0.357 e. The summed E-state index contributed by atoms with van der Waals surface area (Å²) in [5, 5.41) is 11.8. The lowest BCUT2D eigenvalue weighted by atomic mass is 10.3. The molecule has 1 aliphatic rings. The standard InChI is InChI=1S/C20H27ClN6O.HI/c1-3-19(28)26-10-9-17(14-26)25-20(22-4-2)23-11-15-12-24-27(13-15)18-7-5-16(21)6-8-18;/h5-8,12-13,17H,3-4,9-11,14H2,1-2H3,(H2,22,23,25);1H. The zero-order chi connectivity index (χ0) is 19.9. The van der Waals surface area contributed by atoms with Gasteiger partial charge in [0.2, 0.25) is 5.91 Å². The Bertz CT molecular complexity index is 823.